The lowest BCUT2D eigenvalue weighted by Gasteiger charge is -2.28. The maximum absolute atomic E-state index is 13.1. The highest BCUT2D eigenvalue weighted by molar-refractivity contribution is 6.31. The number of rotatable bonds is 4. The summed E-state index contributed by atoms with van der Waals surface area (Å²) in [5.74, 6) is -1.27. The van der Waals surface area contributed by atoms with Gasteiger partial charge in [0.25, 0.3) is 5.91 Å². The van der Waals surface area contributed by atoms with E-state index < -0.39 is 5.97 Å². The molecule has 1 heterocycles. The molecule has 0 unspecified atom stereocenters. The summed E-state index contributed by atoms with van der Waals surface area (Å²) in [4.78, 5) is 29.3. The number of carboxylic acid groups (broad SMARTS) is 1. The quantitative estimate of drug-likeness (QED) is 0.832. The van der Waals surface area contributed by atoms with Crippen LogP contribution in [0.15, 0.2) is 18.2 Å². The molecule has 0 radical (unpaired) electrons. The zero-order valence-corrected chi connectivity index (χ0v) is 15.9. The van der Waals surface area contributed by atoms with E-state index in [-0.39, 0.29) is 17.7 Å². The van der Waals surface area contributed by atoms with Crippen molar-refractivity contribution in [2.45, 2.75) is 44.9 Å². The van der Waals surface area contributed by atoms with E-state index in [1.165, 1.54) is 0 Å². The molecule has 1 amide bonds. The van der Waals surface area contributed by atoms with Gasteiger partial charge < -0.3 is 10.4 Å². The fourth-order valence-electron chi connectivity index (χ4n) is 4.58. The SMILES string of the molecule is O=C(NC[C@@H]1CCCC[C@@H]1C(=O)O)c1c2c(nc3ccc(Cl)cc13)CCC2. The molecule has 0 spiro atoms. The second-order valence-corrected chi connectivity index (χ2v) is 8.06. The molecule has 2 aliphatic carbocycles. The Balaban J connectivity index is 1.63. The molecule has 2 aliphatic rings. The highest BCUT2D eigenvalue weighted by Crippen LogP contribution is 2.32. The van der Waals surface area contributed by atoms with Crippen LogP contribution in [-0.2, 0) is 17.6 Å². The molecular weight excluding hydrogens is 364 g/mol. The highest BCUT2D eigenvalue weighted by Gasteiger charge is 2.31. The van der Waals surface area contributed by atoms with Gasteiger partial charge in [-0.25, -0.2) is 0 Å². The fourth-order valence-corrected chi connectivity index (χ4v) is 4.76. The Hall–Kier alpha value is -2.14. The molecule has 142 valence electrons. The number of carbonyl (C=O) groups is 2. The van der Waals surface area contributed by atoms with Crippen LogP contribution >= 0.6 is 11.6 Å². The van der Waals surface area contributed by atoms with Crippen molar-refractivity contribution in [3.05, 3.63) is 40.0 Å². The van der Waals surface area contributed by atoms with Crippen molar-refractivity contribution in [2.75, 3.05) is 6.54 Å². The first kappa shape index (κ1) is 18.2. The summed E-state index contributed by atoms with van der Waals surface area (Å²) in [6.07, 6.45) is 6.23. The van der Waals surface area contributed by atoms with Crippen molar-refractivity contribution in [2.24, 2.45) is 11.8 Å². The van der Waals surface area contributed by atoms with Crippen LogP contribution in [0.25, 0.3) is 10.9 Å². The zero-order chi connectivity index (χ0) is 19.0. The summed E-state index contributed by atoms with van der Waals surface area (Å²) >= 11 is 6.17. The summed E-state index contributed by atoms with van der Waals surface area (Å²) in [7, 11) is 0. The number of halogens is 1. The normalized spacial score (nSPS) is 21.8. The summed E-state index contributed by atoms with van der Waals surface area (Å²) in [6.45, 7) is 0.398. The molecule has 1 fully saturated rings. The van der Waals surface area contributed by atoms with E-state index in [9.17, 15) is 14.7 Å². The molecule has 2 N–H and O–H groups in total. The molecule has 6 heteroatoms. The van der Waals surface area contributed by atoms with Crippen molar-refractivity contribution < 1.29 is 14.7 Å². The highest BCUT2D eigenvalue weighted by atomic mass is 35.5. The number of aryl methyl sites for hydroxylation is 1. The van der Waals surface area contributed by atoms with Gasteiger partial charge in [0.2, 0.25) is 0 Å². The smallest absolute Gasteiger partial charge is 0.306 e. The van der Waals surface area contributed by atoms with Crippen LogP contribution in [0, 0.1) is 11.8 Å². The number of nitrogens with one attached hydrogen (secondary N) is 1. The predicted octanol–water partition coefficient (Wildman–Crippen LogP) is 4.00. The van der Waals surface area contributed by atoms with Gasteiger partial charge in [0, 0.05) is 22.6 Å². The van der Waals surface area contributed by atoms with Crippen LogP contribution in [0.2, 0.25) is 5.02 Å². The van der Waals surface area contributed by atoms with E-state index in [1.54, 1.807) is 12.1 Å². The van der Waals surface area contributed by atoms with E-state index in [4.69, 9.17) is 16.6 Å². The molecule has 0 saturated heterocycles. The Morgan fingerprint density at radius 3 is 2.81 bits per heavy atom. The van der Waals surface area contributed by atoms with Gasteiger partial charge >= 0.3 is 5.97 Å². The van der Waals surface area contributed by atoms with Crippen molar-refractivity contribution >= 4 is 34.4 Å². The third-order valence-corrected chi connectivity index (χ3v) is 6.19. The Labute approximate surface area is 163 Å². The number of pyridine rings is 1. The lowest BCUT2D eigenvalue weighted by molar-refractivity contribution is -0.144. The van der Waals surface area contributed by atoms with Gasteiger partial charge in [-0.1, -0.05) is 24.4 Å². The third kappa shape index (κ3) is 3.53. The topological polar surface area (TPSA) is 79.3 Å². The van der Waals surface area contributed by atoms with Gasteiger partial charge in [-0.2, -0.15) is 0 Å². The van der Waals surface area contributed by atoms with Crippen LogP contribution in [-0.4, -0.2) is 28.5 Å². The Kier molecular flexibility index (Phi) is 5.04. The van der Waals surface area contributed by atoms with Crippen LogP contribution in [0.3, 0.4) is 0 Å². The van der Waals surface area contributed by atoms with Gasteiger partial charge in [0.05, 0.1) is 17.0 Å². The number of benzene rings is 1. The maximum atomic E-state index is 13.1. The summed E-state index contributed by atoms with van der Waals surface area (Å²) in [6, 6.07) is 5.45. The molecule has 0 aliphatic heterocycles. The predicted molar refractivity (Wildman–Crippen MR) is 104 cm³/mol. The van der Waals surface area contributed by atoms with Crippen molar-refractivity contribution in [3.8, 4) is 0 Å². The van der Waals surface area contributed by atoms with Gasteiger partial charge in [-0.05, 0) is 61.8 Å². The largest absolute Gasteiger partial charge is 0.481 e. The first-order chi connectivity index (χ1) is 13.0. The monoisotopic (exact) mass is 386 g/mol. The zero-order valence-electron chi connectivity index (χ0n) is 15.1. The van der Waals surface area contributed by atoms with E-state index in [1.807, 2.05) is 6.07 Å². The molecule has 27 heavy (non-hydrogen) atoms. The van der Waals surface area contributed by atoms with Crippen LogP contribution in [0.4, 0.5) is 0 Å². The molecule has 1 aromatic carbocycles. The minimum atomic E-state index is -0.754. The standard InChI is InChI=1S/C21H23ClN2O3/c22-13-8-9-18-16(10-13)19(15-6-3-7-17(15)24-18)20(25)23-11-12-4-1-2-5-14(12)21(26)27/h8-10,12,14H,1-7,11H2,(H,23,25)(H,26,27)/t12-,14-/m0/s1. The third-order valence-electron chi connectivity index (χ3n) is 5.95. The number of hydrogen-bond acceptors (Lipinski definition) is 3. The molecule has 2 atom stereocenters. The van der Waals surface area contributed by atoms with E-state index in [0.717, 1.165) is 60.7 Å². The Morgan fingerprint density at radius 2 is 2.00 bits per heavy atom. The number of aromatic nitrogens is 1. The lowest BCUT2D eigenvalue weighted by Crippen LogP contribution is -2.37. The first-order valence-corrected chi connectivity index (χ1v) is 10.0. The summed E-state index contributed by atoms with van der Waals surface area (Å²) in [5.41, 5.74) is 3.46. The lowest BCUT2D eigenvalue weighted by atomic mass is 9.79. The number of hydrogen-bond donors (Lipinski definition) is 2. The molecule has 5 nitrogen and oxygen atoms in total. The second kappa shape index (κ2) is 7.47. The number of carboxylic acids is 1. The molecule has 0 bridgehead atoms. The average Bonchev–Trinajstić information content (AvgIpc) is 3.12. The van der Waals surface area contributed by atoms with Crippen molar-refractivity contribution in [1.82, 2.24) is 10.3 Å². The van der Waals surface area contributed by atoms with Gasteiger partial charge in [-0.15, -0.1) is 0 Å². The van der Waals surface area contributed by atoms with Crippen molar-refractivity contribution in [3.63, 3.8) is 0 Å². The maximum Gasteiger partial charge on any atom is 0.306 e. The Bertz CT molecular complexity index is 912. The summed E-state index contributed by atoms with van der Waals surface area (Å²) < 4.78 is 0. The molecule has 1 aromatic heterocycles. The minimum Gasteiger partial charge on any atom is -0.481 e. The fraction of sp³-hybridized carbons (Fsp3) is 0.476. The molecule has 1 saturated carbocycles. The first-order valence-electron chi connectivity index (χ1n) is 9.66. The van der Waals surface area contributed by atoms with Gasteiger partial charge in [0.15, 0.2) is 0 Å². The van der Waals surface area contributed by atoms with E-state index in [2.05, 4.69) is 5.32 Å². The summed E-state index contributed by atoms with van der Waals surface area (Å²) in [5, 5.41) is 13.8. The number of fused-ring (bicyclic) bond motifs is 2. The van der Waals surface area contributed by atoms with E-state index >= 15 is 0 Å². The van der Waals surface area contributed by atoms with Crippen LogP contribution in [0.1, 0.15) is 53.7 Å². The van der Waals surface area contributed by atoms with E-state index in [0.29, 0.717) is 23.6 Å². The van der Waals surface area contributed by atoms with Gasteiger partial charge in [0.1, 0.15) is 0 Å². The van der Waals surface area contributed by atoms with Gasteiger partial charge in [-0.3, -0.25) is 14.6 Å². The molecule has 4 rings (SSSR count). The van der Waals surface area contributed by atoms with Crippen LogP contribution < -0.4 is 5.32 Å². The number of aliphatic carboxylic acids is 1. The second-order valence-electron chi connectivity index (χ2n) is 7.63. The Morgan fingerprint density at radius 1 is 1.19 bits per heavy atom. The number of carbonyl (C=O) groups excluding carboxylic acids is 1. The molecular formula is C21H23ClN2O3. The molecule has 2 aromatic rings. The van der Waals surface area contributed by atoms with Crippen LogP contribution in [0.5, 0.6) is 0 Å². The number of amides is 1. The average molecular weight is 387 g/mol. The van der Waals surface area contributed by atoms with Crippen molar-refractivity contribution in [1.29, 1.82) is 0 Å². The minimum absolute atomic E-state index is 0.00932. The number of nitrogens with zero attached hydrogens (tertiary/aromatic N) is 1.